The molecule has 0 radical (unpaired) electrons. The Morgan fingerprint density at radius 1 is 1.27 bits per heavy atom. The molecule has 0 aliphatic carbocycles. The summed E-state index contributed by atoms with van der Waals surface area (Å²) in [7, 11) is 1.46. The van der Waals surface area contributed by atoms with Crippen LogP contribution in [0, 0.1) is 28.5 Å². The highest BCUT2D eigenvalue weighted by molar-refractivity contribution is 5.88. The van der Waals surface area contributed by atoms with Crippen molar-refractivity contribution in [1.82, 2.24) is 0 Å². The Bertz CT molecular complexity index is 1150. The van der Waals surface area contributed by atoms with E-state index in [1.54, 1.807) is 26.8 Å². The van der Waals surface area contributed by atoms with Crippen molar-refractivity contribution in [2.75, 3.05) is 24.4 Å². The van der Waals surface area contributed by atoms with E-state index in [1.807, 2.05) is 6.07 Å². The number of hydrogen-bond acceptors (Lipinski definition) is 7. The van der Waals surface area contributed by atoms with Gasteiger partial charge in [-0.2, -0.15) is 10.5 Å². The zero-order chi connectivity index (χ0) is 24.2. The smallest absolute Gasteiger partial charge is 0.412 e. The SMILES string of the molecule is COc1cc(C(C#N)Nc2ccc(C#N)c(NC(=O)OC(C)(C)C)c2)c(F)c2c1OCCC2. The van der Waals surface area contributed by atoms with Crippen molar-refractivity contribution in [1.29, 1.82) is 10.5 Å². The lowest BCUT2D eigenvalue weighted by Crippen LogP contribution is -2.27. The fourth-order valence-corrected chi connectivity index (χ4v) is 3.45. The number of fused-ring (bicyclic) bond motifs is 1. The summed E-state index contributed by atoms with van der Waals surface area (Å²) < 4.78 is 31.5. The molecule has 3 rings (SSSR count). The second kappa shape index (κ2) is 9.66. The lowest BCUT2D eigenvalue weighted by Gasteiger charge is -2.24. The number of nitrogens with zero attached hydrogens (tertiary/aromatic N) is 2. The Labute approximate surface area is 191 Å². The maximum Gasteiger partial charge on any atom is 0.412 e. The van der Waals surface area contributed by atoms with Gasteiger partial charge in [0.05, 0.1) is 31.0 Å². The second-order valence-corrected chi connectivity index (χ2v) is 8.45. The van der Waals surface area contributed by atoms with Crippen LogP contribution in [0.15, 0.2) is 24.3 Å². The molecule has 2 aromatic carbocycles. The summed E-state index contributed by atoms with van der Waals surface area (Å²) in [6, 6.07) is 8.99. The molecule has 1 atom stereocenters. The van der Waals surface area contributed by atoms with E-state index in [0.29, 0.717) is 42.2 Å². The molecule has 2 N–H and O–H groups in total. The third-order valence-electron chi connectivity index (χ3n) is 4.87. The van der Waals surface area contributed by atoms with Gasteiger partial charge >= 0.3 is 6.09 Å². The molecule has 33 heavy (non-hydrogen) atoms. The molecule has 1 unspecified atom stereocenters. The van der Waals surface area contributed by atoms with Crippen molar-refractivity contribution in [2.24, 2.45) is 0 Å². The van der Waals surface area contributed by atoms with Gasteiger partial charge in [0.25, 0.3) is 0 Å². The fraction of sp³-hybridized carbons (Fsp3) is 0.375. The zero-order valence-electron chi connectivity index (χ0n) is 18.9. The Kier molecular flexibility index (Phi) is 6.93. The molecule has 2 aromatic rings. The van der Waals surface area contributed by atoms with Crippen LogP contribution in [0.3, 0.4) is 0 Å². The number of halogens is 1. The van der Waals surface area contributed by atoms with Crippen LogP contribution in [0.5, 0.6) is 11.5 Å². The fourth-order valence-electron chi connectivity index (χ4n) is 3.45. The molecule has 1 heterocycles. The van der Waals surface area contributed by atoms with Crippen LogP contribution in [-0.4, -0.2) is 25.4 Å². The number of nitriles is 2. The third kappa shape index (κ3) is 5.45. The molecule has 0 saturated carbocycles. The number of carbonyl (C=O) groups is 1. The highest BCUT2D eigenvalue weighted by atomic mass is 19.1. The summed E-state index contributed by atoms with van der Waals surface area (Å²) in [6.07, 6.45) is 0.416. The predicted molar refractivity (Wildman–Crippen MR) is 120 cm³/mol. The first kappa shape index (κ1) is 23.7. The minimum atomic E-state index is -1.06. The van der Waals surface area contributed by atoms with Crippen molar-refractivity contribution < 1.29 is 23.4 Å². The van der Waals surface area contributed by atoms with E-state index in [-0.39, 0.29) is 16.8 Å². The topological polar surface area (TPSA) is 116 Å². The van der Waals surface area contributed by atoms with Crippen LogP contribution in [0.2, 0.25) is 0 Å². The van der Waals surface area contributed by atoms with Gasteiger partial charge in [-0.15, -0.1) is 0 Å². The van der Waals surface area contributed by atoms with Crippen LogP contribution in [-0.2, 0) is 11.2 Å². The first-order chi connectivity index (χ1) is 15.7. The molecule has 0 saturated heterocycles. The molecule has 0 fully saturated rings. The van der Waals surface area contributed by atoms with Crippen LogP contribution < -0.4 is 20.1 Å². The van der Waals surface area contributed by atoms with Crippen LogP contribution in [0.4, 0.5) is 20.6 Å². The highest BCUT2D eigenvalue weighted by Gasteiger charge is 2.27. The summed E-state index contributed by atoms with van der Waals surface area (Å²) in [5.74, 6) is 0.199. The van der Waals surface area contributed by atoms with Gasteiger partial charge in [-0.05, 0) is 57.9 Å². The van der Waals surface area contributed by atoms with Crippen LogP contribution in [0.1, 0.15) is 49.9 Å². The molecule has 172 valence electrons. The molecule has 1 amide bonds. The normalized spacial score (nSPS) is 13.4. The summed E-state index contributed by atoms with van der Waals surface area (Å²) in [6.45, 7) is 5.64. The molecule has 0 bridgehead atoms. The standard InChI is InChI=1S/C24H25FN4O4/c1-24(2,3)33-23(30)29-18-10-15(8-7-14(18)12-26)28-19(13-27)17-11-20(31-4)22-16(21(17)25)6-5-9-32-22/h7-8,10-11,19,28H,5-6,9H2,1-4H3,(H,29,30). The number of methoxy groups -OCH3 is 1. The molecule has 9 heteroatoms. The largest absolute Gasteiger partial charge is 0.493 e. The van der Waals surface area contributed by atoms with E-state index in [9.17, 15) is 15.3 Å². The minimum Gasteiger partial charge on any atom is -0.493 e. The molecule has 1 aliphatic rings. The van der Waals surface area contributed by atoms with Crippen LogP contribution in [0.25, 0.3) is 0 Å². The Morgan fingerprint density at radius 2 is 2.03 bits per heavy atom. The monoisotopic (exact) mass is 452 g/mol. The van der Waals surface area contributed by atoms with Gasteiger partial charge in [0.2, 0.25) is 0 Å². The first-order valence-corrected chi connectivity index (χ1v) is 10.4. The summed E-state index contributed by atoms with van der Waals surface area (Å²) in [5.41, 5.74) is 0.586. The molecular weight excluding hydrogens is 427 g/mol. The van der Waals surface area contributed by atoms with Gasteiger partial charge < -0.3 is 19.5 Å². The van der Waals surface area contributed by atoms with Crippen molar-refractivity contribution in [3.8, 4) is 23.6 Å². The maximum atomic E-state index is 15.3. The van der Waals surface area contributed by atoms with E-state index in [4.69, 9.17) is 14.2 Å². The number of rotatable bonds is 5. The van der Waals surface area contributed by atoms with E-state index >= 15 is 4.39 Å². The van der Waals surface area contributed by atoms with E-state index in [0.717, 1.165) is 0 Å². The van der Waals surface area contributed by atoms with E-state index in [1.165, 1.54) is 25.3 Å². The van der Waals surface area contributed by atoms with Gasteiger partial charge in [0, 0.05) is 16.8 Å². The van der Waals surface area contributed by atoms with Crippen molar-refractivity contribution in [3.05, 3.63) is 46.8 Å². The quantitative estimate of drug-likeness (QED) is 0.652. The average Bonchev–Trinajstić information content (AvgIpc) is 2.77. The highest BCUT2D eigenvalue weighted by Crippen LogP contribution is 2.40. The summed E-state index contributed by atoms with van der Waals surface area (Å²) in [4.78, 5) is 12.2. The second-order valence-electron chi connectivity index (χ2n) is 8.45. The lowest BCUT2D eigenvalue weighted by atomic mass is 9.97. The van der Waals surface area contributed by atoms with Gasteiger partial charge in [-0.1, -0.05) is 0 Å². The third-order valence-corrected chi connectivity index (χ3v) is 4.87. The molecular formula is C24H25FN4O4. The number of amides is 1. The molecule has 1 aliphatic heterocycles. The van der Waals surface area contributed by atoms with Gasteiger partial charge in [-0.3, -0.25) is 5.32 Å². The maximum absolute atomic E-state index is 15.3. The minimum absolute atomic E-state index is 0.115. The predicted octanol–water partition coefficient (Wildman–Crippen LogP) is 5.05. The van der Waals surface area contributed by atoms with Crippen molar-refractivity contribution in [3.63, 3.8) is 0 Å². The average molecular weight is 452 g/mol. The Balaban J connectivity index is 1.92. The number of benzene rings is 2. The van der Waals surface area contributed by atoms with E-state index < -0.39 is 23.6 Å². The molecule has 8 nitrogen and oxygen atoms in total. The summed E-state index contributed by atoms with van der Waals surface area (Å²) >= 11 is 0. The number of anilines is 2. The number of hydrogen-bond donors (Lipinski definition) is 2. The Morgan fingerprint density at radius 3 is 2.67 bits per heavy atom. The zero-order valence-corrected chi connectivity index (χ0v) is 18.9. The number of nitrogens with one attached hydrogen (secondary N) is 2. The number of ether oxygens (including phenoxy) is 3. The molecule has 0 spiro atoms. The van der Waals surface area contributed by atoms with Gasteiger partial charge in [0.1, 0.15) is 23.5 Å². The molecule has 0 aromatic heterocycles. The first-order valence-electron chi connectivity index (χ1n) is 10.4. The van der Waals surface area contributed by atoms with Gasteiger partial charge in [0.15, 0.2) is 11.5 Å². The van der Waals surface area contributed by atoms with Crippen LogP contribution >= 0.6 is 0 Å². The summed E-state index contributed by atoms with van der Waals surface area (Å²) in [5, 5.41) is 24.7. The Hall–Kier alpha value is -3.98. The lowest BCUT2D eigenvalue weighted by molar-refractivity contribution is 0.0636. The van der Waals surface area contributed by atoms with Crippen molar-refractivity contribution >= 4 is 17.5 Å². The van der Waals surface area contributed by atoms with Gasteiger partial charge in [-0.25, -0.2) is 9.18 Å². The van der Waals surface area contributed by atoms with E-state index in [2.05, 4.69) is 16.7 Å². The van der Waals surface area contributed by atoms with Crippen molar-refractivity contribution in [2.45, 2.75) is 45.3 Å². The number of carbonyl (C=O) groups excluding carboxylic acids is 1.